The summed E-state index contributed by atoms with van der Waals surface area (Å²) in [5, 5.41) is 0. The minimum absolute atomic E-state index is 2.77. The number of hydrogen-bond donors (Lipinski definition) is 0. The summed E-state index contributed by atoms with van der Waals surface area (Å²) < 4.78 is 731. The van der Waals surface area contributed by atoms with Gasteiger partial charge in [-0.1, -0.05) is 231 Å². The van der Waals surface area contributed by atoms with Crippen molar-refractivity contribution < 1.29 is 148 Å². The molecule has 0 aromatic heterocycles. The zero-order valence-corrected chi connectivity index (χ0v) is 26.9. The predicted molar refractivity (Wildman–Crippen MR) is 229 cm³/mol. The van der Waals surface area contributed by atoms with Gasteiger partial charge in [0.2, 0.25) is 0 Å². The van der Waals surface area contributed by atoms with Crippen LogP contribution in [0.25, 0.3) is 0 Å². The summed E-state index contributed by atoms with van der Waals surface area (Å²) in [7, 11) is 0. The van der Waals surface area contributed by atoms with Crippen molar-refractivity contribution in [1.29, 1.82) is 0 Å². The molecule has 6 nitrogen and oxygen atoms in total. The number of carbonyl (C=O) groups is 3. The van der Waals surface area contributed by atoms with Crippen LogP contribution in [0, 0.1) is 0 Å². The van der Waals surface area contributed by atoms with Crippen LogP contribution in [-0.2, 0) is 28.6 Å². The maximum Gasteiger partial charge on any atom is 0.306 e. The highest BCUT2D eigenvalue weighted by atomic mass is 16.6. The van der Waals surface area contributed by atoms with Gasteiger partial charge in [0.15, 0.2) is 6.10 Å². The average Bonchev–Trinajstić information content (AvgIpc) is 0.677. The van der Waals surface area contributed by atoms with E-state index in [-0.39, 0.29) is 0 Å². The van der Waals surface area contributed by atoms with Crippen molar-refractivity contribution >= 4 is 17.9 Å². The van der Waals surface area contributed by atoms with Crippen molar-refractivity contribution in [3.8, 4) is 0 Å². The third kappa shape index (κ3) is 41.6. The lowest BCUT2D eigenvalue weighted by molar-refractivity contribution is -0.167. The molecule has 0 spiro atoms. The summed E-state index contributed by atoms with van der Waals surface area (Å²) in [6.07, 6.45) is -216. The Hall–Kier alpha value is -1.59. The molecule has 0 fully saturated rings. The second-order valence-electron chi connectivity index (χ2n) is 7.10. The van der Waals surface area contributed by atoms with Gasteiger partial charge in [-0.25, -0.2) is 0 Å². The number of ether oxygens (including phenoxy) is 3. The van der Waals surface area contributed by atoms with Gasteiger partial charge in [0, 0.05) is 138 Å². The largest absolute Gasteiger partial charge is 0.462 e. The predicted octanol–water partition coefficient (Wildman–Crippen LogP) is 15.3. The fourth-order valence-electron chi connectivity index (χ4n) is 1.89. The Labute approximate surface area is 458 Å². The maximum atomic E-state index is 14.4. The first-order valence-electron chi connectivity index (χ1n) is 56.9. The molecule has 0 aliphatic rings. The Bertz CT molecular complexity index is 4290. The summed E-state index contributed by atoms with van der Waals surface area (Å²) in [6.45, 7) is -18.7. The monoisotopic (exact) mass is 852 g/mol. The normalized spacial score (nSPS) is 46.3. The van der Waals surface area contributed by atoms with Crippen molar-refractivity contribution in [2.75, 3.05) is 13.2 Å². The number of hydrogen-bond acceptors (Lipinski definition) is 6. The van der Waals surface area contributed by atoms with E-state index in [1.54, 1.807) is 0 Å². The van der Waals surface area contributed by atoms with E-state index in [1.165, 1.54) is 0 Å². The van der Waals surface area contributed by atoms with Gasteiger partial charge in [0.05, 0.1) is 0 Å². The van der Waals surface area contributed by atoms with E-state index in [4.69, 9.17) is 119 Å². The van der Waals surface area contributed by atoms with Gasteiger partial charge in [-0.15, -0.1) is 0 Å². The van der Waals surface area contributed by atoms with Crippen LogP contribution in [0.2, 0.25) is 0 Å². The van der Waals surface area contributed by atoms with Crippen molar-refractivity contribution in [2.45, 2.75) is 275 Å². The van der Waals surface area contributed by atoms with E-state index in [2.05, 4.69) is 14.2 Å². The average molecular weight is 853 g/mol. The van der Waals surface area contributed by atoms with Crippen LogP contribution in [0.3, 0.4) is 0 Å². The third-order valence-electron chi connectivity index (χ3n) is 3.63. The molecule has 0 aliphatic carbocycles. The highest BCUT2D eigenvalue weighted by molar-refractivity contribution is 5.71. The third-order valence-corrected chi connectivity index (χ3v) is 3.63. The van der Waals surface area contributed by atoms with E-state index in [0.29, 0.717) is 0 Å². The van der Waals surface area contributed by atoms with Crippen LogP contribution in [0.4, 0.5) is 0 Å². The molecule has 54 heavy (non-hydrogen) atoms. The zero-order valence-electron chi connectivity index (χ0n) is 114. The summed E-state index contributed by atoms with van der Waals surface area (Å²) >= 11 is 0. The van der Waals surface area contributed by atoms with Crippen LogP contribution >= 0.6 is 0 Å². The fraction of sp³-hybridized carbons (Fsp3) is 0.938. The van der Waals surface area contributed by atoms with Crippen molar-refractivity contribution in [3.05, 3.63) is 0 Å². The van der Waals surface area contributed by atoms with Gasteiger partial charge in [-0.05, 0) is 19.1 Å². The molecule has 0 heterocycles. The molecule has 0 amide bonds. The summed E-state index contributed by atoms with van der Waals surface area (Å²) in [5.41, 5.74) is 0. The molecule has 0 aromatic rings. The molecular weight excluding hydrogens is 673 g/mol. The first-order valence-corrected chi connectivity index (χ1v) is 13.4. The van der Waals surface area contributed by atoms with Crippen LogP contribution < -0.4 is 0 Å². The molecule has 0 unspecified atom stereocenters. The quantitative estimate of drug-likeness (QED) is 0.0449. The van der Waals surface area contributed by atoms with Crippen molar-refractivity contribution in [2.24, 2.45) is 0 Å². The first-order chi connectivity index (χ1) is 59.3. The number of carbonyl (C=O) groups excluding carboxylic acids is 3. The molecular formula is C48H92O6. The highest BCUT2D eigenvalue weighted by Gasteiger charge is 2.19. The second kappa shape index (κ2) is 44.1. The van der Waals surface area contributed by atoms with Gasteiger partial charge in [-0.3, -0.25) is 14.4 Å². The van der Waals surface area contributed by atoms with Gasteiger partial charge >= 0.3 is 17.9 Å². The molecule has 0 saturated carbocycles. The lowest BCUT2D eigenvalue weighted by atomic mass is 10.0. The van der Waals surface area contributed by atoms with Crippen molar-refractivity contribution in [3.63, 3.8) is 0 Å². The summed E-state index contributed by atoms with van der Waals surface area (Å²) in [5.74, 6) is -10.3. The Kier molecular flexibility index (Phi) is 5.91. The highest BCUT2D eigenvalue weighted by Crippen LogP contribution is 2.16. The topological polar surface area (TPSA) is 78.9 Å². The van der Waals surface area contributed by atoms with Crippen molar-refractivity contribution in [1.82, 2.24) is 0 Å². The van der Waals surface area contributed by atoms with Crippen LogP contribution in [0.1, 0.15) is 388 Å². The lowest BCUT2D eigenvalue weighted by Crippen LogP contribution is -2.30. The molecule has 0 atom stereocenters. The smallest absolute Gasteiger partial charge is 0.306 e. The molecule has 6 heteroatoms. The Balaban J connectivity index is 9.38. The lowest BCUT2D eigenvalue weighted by Gasteiger charge is -2.18. The molecule has 0 bridgehead atoms. The van der Waals surface area contributed by atoms with Crippen LogP contribution in [0.15, 0.2) is 0 Å². The Morgan fingerprint density at radius 1 is 0.352 bits per heavy atom. The minimum Gasteiger partial charge on any atom is -0.462 e. The standard InChI is InChI=1S/C48H92O6/c1-4-7-10-13-16-19-22-25-28-31-34-37-40-46(49)52-43-45(54-48(51)42-39-36-33-30-27-24-21-18-15-12-9-6-3)44-53-47(50)41-38-35-32-29-26-23-20-17-14-11-8-5-2/h45H,4-44H2,1-3H3/i1D3,2D3,3D3,4D2,5D2,6D2,7D2,8D2,9D2,10D2,11D2,12D2,13D2,14D2,15D2,16D2,17D2,18D2,19D2,20D2,21D2,22D2,23D2,24D2,25D2,26D2,27D2,28D2,29D2,30D2,31D2,32D2,33D2,34D2,35D2,36D2,37D2,38D2,39D2,40D2,41D2,42D2. The van der Waals surface area contributed by atoms with Crippen LogP contribution in [-0.4, -0.2) is 37.2 Å². The van der Waals surface area contributed by atoms with E-state index in [9.17, 15) is 14.4 Å². The molecule has 0 N–H and O–H groups in total. The summed E-state index contributed by atoms with van der Waals surface area (Å²) in [6, 6.07) is 0. The summed E-state index contributed by atoms with van der Waals surface area (Å²) in [4.78, 5) is 42.6. The van der Waals surface area contributed by atoms with Crippen LogP contribution in [0.5, 0.6) is 0 Å². The first kappa shape index (κ1) is 7.23. The van der Waals surface area contributed by atoms with Gasteiger partial charge in [0.1, 0.15) is 13.2 Å². The Morgan fingerprint density at radius 2 is 0.574 bits per heavy atom. The molecule has 0 saturated heterocycles. The minimum atomic E-state index is -5.75. The number of esters is 3. The fourth-order valence-corrected chi connectivity index (χ4v) is 1.89. The molecule has 0 aromatic carbocycles. The van der Waals surface area contributed by atoms with Gasteiger partial charge in [0.25, 0.3) is 0 Å². The molecule has 0 aliphatic heterocycles. The molecule has 0 radical (unpaired) electrons. The van der Waals surface area contributed by atoms with E-state index in [0.717, 1.165) is 0 Å². The van der Waals surface area contributed by atoms with Gasteiger partial charge < -0.3 is 14.2 Å². The van der Waals surface area contributed by atoms with E-state index < -0.39 is 306 Å². The van der Waals surface area contributed by atoms with E-state index >= 15 is 0 Å². The van der Waals surface area contributed by atoms with E-state index in [1.807, 2.05) is 0 Å². The maximum absolute atomic E-state index is 14.4. The number of rotatable bonds is 44. The molecule has 320 valence electrons. The molecule has 0 rings (SSSR count). The second-order valence-corrected chi connectivity index (χ2v) is 7.10. The Morgan fingerprint density at radius 3 is 0.833 bits per heavy atom. The van der Waals surface area contributed by atoms with Gasteiger partial charge in [-0.2, -0.15) is 0 Å². The zero-order chi connectivity index (χ0) is 117. The SMILES string of the molecule is [2H]C([2H])([2H])C([2H])([2H])C([2H])([2H])C([2H])([2H])C([2H])([2H])C([2H])([2H])C([2H])([2H])C([2H])([2H])C([2H])([2H])C([2H])([2H])C([2H])([2H])C([2H])([2H])C([2H])([2H])C([2H])([2H])C(=O)OCC(COC(=O)C([2H])([2H])C([2H])([2H])C([2H])([2H])C([2H])([2H])C([2H])([2H])C([2H])([2H])C([2H])([2H])C([2H])([2H])C([2H])([2H])C([2H])([2H])C([2H])([2H])C([2H])([2H])C([2H])([2H])C([2H])([2H])[2H])OC(=O)C([2H])([2H])C([2H])([2H])C([2H])([2H])C([2H])([2H])C([2H])([2H])C([2H])([2H])C([2H])([2H])C([2H])([2H])C([2H])([2H])C([2H])([2H])C([2H])([2H])C([2H])([2H])C([2H])([2H])C([2H])([2H])[2H].